The molecule has 0 fully saturated rings. The predicted molar refractivity (Wildman–Crippen MR) is 55.8 cm³/mol. The van der Waals surface area contributed by atoms with E-state index in [0.29, 0.717) is 12.4 Å². The highest BCUT2D eigenvalue weighted by Gasteiger charge is 2.02. The highest BCUT2D eigenvalue weighted by molar-refractivity contribution is 5.83. The average molecular weight is 210 g/mol. The highest BCUT2D eigenvalue weighted by Crippen LogP contribution is 2.03. The van der Waals surface area contributed by atoms with E-state index in [1.807, 2.05) is 13.0 Å². The summed E-state index contributed by atoms with van der Waals surface area (Å²) in [6, 6.07) is 3.57. The second-order valence-corrected chi connectivity index (χ2v) is 2.97. The molecular weight excluding hydrogens is 196 g/mol. The molecule has 0 unspecified atom stereocenters. The number of pyridine rings is 1. The van der Waals surface area contributed by atoms with E-state index in [0.717, 1.165) is 5.56 Å². The molecular formula is C10H14N2O3. The van der Waals surface area contributed by atoms with Crippen LogP contribution in [0.4, 0.5) is 10.6 Å². The van der Waals surface area contributed by atoms with E-state index in [1.165, 1.54) is 0 Å². The zero-order chi connectivity index (χ0) is 11.1. The van der Waals surface area contributed by atoms with Gasteiger partial charge in [-0.05, 0) is 18.6 Å². The minimum atomic E-state index is -0.525. The summed E-state index contributed by atoms with van der Waals surface area (Å²) >= 11 is 0. The van der Waals surface area contributed by atoms with Crippen molar-refractivity contribution in [1.82, 2.24) is 4.98 Å². The average Bonchev–Trinajstić information content (AvgIpc) is 2.22. The molecule has 1 heterocycles. The predicted octanol–water partition coefficient (Wildman–Crippen LogP) is 1.58. The third-order valence-corrected chi connectivity index (χ3v) is 1.66. The third-order valence-electron chi connectivity index (χ3n) is 1.66. The van der Waals surface area contributed by atoms with Crippen molar-refractivity contribution >= 4 is 11.9 Å². The zero-order valence-electron chi connectivity index (χ0n) is 8.82. The van der Waals surface area contributed by atoms with Crippen LogP contribution in [-0.2, 0) is 9.47 Å². The van der Waals surface area contributed by atoms with Gasteiger partial charge in [-0.3, -0.25) is 5.32 Å². The van der Waals surface area contributed by atoms with Crippen molar-refractivity contribution < 1.29 is 14.3 Å². The van der Waals surface area contributed by atoms with E-state index in [9.17, 15) is 4.79 Å². The number of hydrogen-bond donors (Lipinski definition) is 1. The molecule has 0 spiro atoms. The standard InChI is InChI=1S/C10H14N2O3/c1-8-3-4-9(11-7-8)12-10(13)15-6-5-14-2/h3-4,7H,5-6H2,1-2H3,(H,11,12,13). The molecule has 1 amide bonds. The van der Waals surface area contributed by atoms with E-state index in [2.05, 4.69) is 10.3 Å². The molecule has 0 radical (unpaired) electrons. The van der Waals surface area contributed by atoms with Crippen LogP contribution >= 0.6 is 0 Å². The van der Waals surface area contributed by atoms with Crippen LogP contribution in [0, 0.1) is 6.92 Å². The van der Waals surface area contributed by atoms with Crippen molar-refractivity contribution in [3.05, 3.63) is 23.9 Å². The van der Waals surface area contributed by atoms with E-state index in [-0.39, 0.29) is 6.61 Å². The van der Waals surface area contributed by atoms with Crippen molar-refractivity contribution in [1.29, 1.82) is 0 Å². The Balaban J connectivity index is 2.34. The number of hydrogen-bond acceptors (Lipinski definition) is 4. The lowest BCUT2D eigenvalue weighted by molar-refractivity contribution is 0.107. The fraction of sp³-hybridized carbons (Fsp3) is 0.400. The molecule has 0 saturated heterocycles. The maximum absolute atomic E-state index is 11.1. The number of anilines is 1. The van der Waals surface area contributed by atoms with Gasteiger partial charge in [-0.1, -0.05) is 6.07 Å². The van der Waals surface area contributed by atoms with Crippen LogP contribution in [0.25, 0.3) is 0 Å². The monoisotopic (exact) mass is 210 g/mol. The molecule has 82 valence electrons. The second kappa shape index (κ2) is 5.98. The summed E-state index contributed by atoms with van der Waals surface area (Å²) in [5, 5.41) is 2.50. The number of amides is 1. The highest BCUT2D eigenvalue weighted by atomic mass is 16.6. The number of carbonyl (C=O) groups excluding carboxylic acids is 1. The summed E-state index contributed by atoms with van der Waals surface area (Å²) in [7, 11) is 1.54. The van der Waals surface area contributed by atoms with Gasteiger partial charge in [0.25, 0.3) is 0 Å². The first-order valence-electron chi connectivity index (χ1n) is 4.58. The van der Waals surface area contributed by atoms with Gasteiger partial charge < -0.3 is 9.47 Å². The number of rotatable bonds is 4. The quantitative estimate of drug-likeness (QED) is 0.766. The Labute approximate surface area is 88.4 Å². The number of nitrogens with one attached hydrogen (secondary N) is 1. The van der Waals surface area contributed by atoms with E-state index < -0.39 is 6.09 Å². The second-order valence-electron chi connectivity index (χ2n) is 2.97. The van der Waals surface area contributed by atoms with Gasteiger partial charge in [0.15, 0.2) is 0 Å². The third kappa shape index (κ3) is 4.42. The lowest BCUT2D eigenvalue weighted by atomic mass is 10.3. The first kappa shape index (κ1) is 11.5. The molecule has 1 N–H and O–H groups in total. The van der Waals surface area contributed by atoms with Crippen molar-refractivity contribution in [3.8, 4) is 0 Å². The molecule has 0 aliphatic rings. The van der Waals surface area contributed by atoms with Crippen molar-refractivity contribution in [2.45, 2.75) is 6.92 Å². The minimum absolute atomic E-state index is 0.230. The number of aromatic nitrogens is 1. The molecule has 15 heavy (non-hydrogen) atoms. The first-order chi connectivity index (χ1) is 7.22. The van der Waals surface area contributed by atoms with Gasteiger partial charge in [0.1, 0.15) is 12.4 Å². The smallest absolute Gasteiger partial charge is 0.412 e. The van der Waals surface area contributed by atoms with Crippen molar-refractivity contribution in [2.75, 3.05) is 25.6 Å². The molecule has 1 aromatic heterocycles. The Morgan fingerprint density at radius 2 is 2.27 bits per heavy atom. The van der Waals surface area contributed by atoms with Gasteiger partial charge in [-0.15, -0.1) is 0 Å². The van der Waals surface area contributed by atoms with Gasteiger partial charge in [0.2, 0.25) is 0 Å². The summed E-state index contributed by atoms with van der Waals surface area (Å²) in [5.41, 5.74) is 1.04. The van der Waals surface area contributed by atoms with Crippen LogP contribution in [0.5, 0.6) is 0 Å². The number of nitrogens with zero attached hydrogens (tertiary/aromatic N) is 1. The Hall–Kier alpha value is -1.62. The van der Waals surface area contributed by atoms with E-state index in [1.54, 1.807) is 19.4 Å². The topological polar surface area (TPSA) is 60.5 Å². The molecule has 1 aromatic rings. The van der Waals surface area contributed by atoms with Gasteiger partial charge in [0.05, 0.1) is 6.61 Å². The number of methoxy groups -OCH3 is 1. The Morgan fingerprint density at radius 1 is 1.47 bits per heavy atom. The molecule has 0 saturated carbocycles. The molecule has 1 rings (SSSR count). The minimum Gasteiger partial charge on any atom is -0.447 e. The first-order valence-corrected chi connectivity index (χ1v) is 4.58. The Kier molecular flexibility index (Phi) is 4.56. The van der Waals surface area contributed by atoms with E-state index in [4.69, 9.17) is 9.47 Å². The van der Waals surface area contributed by atoms with Crippen LogP contribution < -0.4 is 5.32 Å². The zero-order valence-corrected chi connectivity index (χ0v) is 8.82. The summed E-state index contributed by atoms with van der Waals surface area (Å²) < 4.78 is 9.54. The number of ether oxygens (including phenoxy) is 2. The van der Waals surface area contributed by atoms with E-state index >= 15 is 0 Å². The Bertz CT molecular complexity index is 311. The molecule has 0 aliphatic heterocycles. The fourth-order valence-corrected chi connectivity index (χ4v) is 0.900. The number of aryl methyl sites for hydroxylation is 1. The van der Waals surface area contributed by atoms with Crippen LogP contribution in [-0.4, -0.2) is 31.4 Å². The van der Waals surface area contributed by atoms with Crippen molar-refractivity contribution in [3.63, 3.8) is 0 Å². The molecule has 5 heteroatoms. The number of carbonyl (C=O) groups is 1. The molecule has 0 bridgehead atoms. The largest absolute Gasteiger partial charge is 0.447 e. The SMILES string of the molecule is COCCOC(=O)Nc1ccc(C)cn1. The molecule has 0 aromatic carbocycles. The maximum atomic E-state index is 11.1. The van der Waals surface area contributed by atoms with Gasteiger partial charge in [0, 0.05) is 13.3 Å². The van der Waals surface area contributed by atoms with Crippen LogP contribution in [0.1, 0.15) is 5.56 Å². The Morgan fingerprint density at radius 3 is 2.87 bits per heavy atom. The summed E-state index contributed by atoms with van der Waals surface area (Å²) in [5.74, 6) is 0.475. The van der Waals surface area contributed by atoms with Gasteiger partial charge >= 0.3 is 6.09 Å². The molecule has 0 aliphatic carbocycles. The molecule has 5 nitrogen and oxygen atoms in total. The van der Waals surface area contributed by atoms with Crippen LogP contribution in [0.15, 0.2) is 18.3 Å². The summed E-state index contributed by atoms with van der Waals surface area (Å²) in [4.78, 5) is 15.1. The lowest BCUT2D eigenvalue weighted by Crippen LogP contribution is -2.16. The normalized spacial score (nSPS) is 9.73. The van der Waals surface area contributed by atoms with Crippen LogP contribution in [0.2, 0.25) is 0 Å². The lowest BCUT2D eigenvalue weighted by Gasteiger charge is -2.05. The maximum Gasteiger partial charge on any atom is 0.412 e. The van der Waals surface area contributed by atoms with Gasteiger partial charge in [-0.2, -0.15) is 0 Å². The van der Waals surface area contributed by atoms with Crippen molar-refractivity contribution in [2.24, 2.45) is 0 Å². The molecule has 0 atom stereocenters. The summed E-state index contributed by atoms with van der Waals surface area (Å²) in [6.45, 7) is 2.54. The summed E-state index contributed by atoms with van der Waals surface area (Å²) in [6.07, 6.45) is 1.15. The van der Waals surface area contributed by atoms with Gasteiger partial charge in [-0.25, -0.2) is 9.78 Å². The fourth-order valence-electron chi connectivity index (χ4n) is 0.900. The van der Waals surface area contributed by atoms with Crippen LogP contribution in [0.3, 0.4) is 0 Å².